The molecule has 52 heavy (non-hydrogen) atoms. The third kappa shape index (κ3) is 14.3. The summed E-state index contributed by atoms with van der Waals surface area (Å²) in [6.07, 6.45) is 4.42. The Hall–Kier alpha value is -6.96. The molecule has 0 bridgehead atoms. The molecule has 0 aliphatic heterocycles. The number of carboxylic acids is 2. The summed E-state index contributed by atoms with van der Waals surface area (Å²) in [6.45, 7) is 2.42. The second kappa shape index (κ2) is 19.3. The lowest BCUT2D eigenvalue weighted by atomic mass is 9.99. The highest BCUT2D eigenvalue weighted by Crippen LogP contribution is 2.29. The molecule has 0 amide bonds. The molecule has 0 radical (unpaired) electrons. The standard InChI is InChI=1S/2C19H15FO6/c1-12(21)24-17-8-6-14(10-18(17)25-13(2)22)7-9-19(23)26-16-5-3-4-15(20)11-16;20-15-2-1-3-16(11-15)26-19(25)7-5-12-4-6-13(9-17(21)22)14(8-12)10-18(23)24/h3-11H,1-2H3;1-8,11H,9-10H2,(H,21,22)(H,23,24)/b9-7+;7-5+. The Bertz CT molecular complexity index is 1890. The highest BCUT2D eigenvalue weighted by Gasteiger charge is 2.12. The molecule has 0 unspecified atom stereocenters. The molecular weight excluding hydrogens is 686 g/mol. The molecule has 268 valence electrons. The Morgan fingerprint density at radius 2 is 1.02 bits per heavy atom. The summed E-state index contributed by atoms with van der Waals surface area (Å²) >= 11 is 0. The van der Waals surface area contributed by atoms with Gasteiger partial charge in [0, 0.05) is 38.1 Å². The lowest BCUT2D eigenvalue weighted by molar-refractivity contribution is -0.137. The maximum atomic E-state index is 13.1. The molecular formula is C38H30F2O12. The minimum absolute atomic E-state index is 0.0355. The van der Waals surface area contributed by atoms with Gasteiger partial charge in [-0.25, -0.2) is 18.4 Å². The summed E-state index contributed by atoms with van der Waals surface area (Å²) < 4.78 is 46.0. The molecule has 0 spiro atoms. The largest absolute Gasteiger partial charge is 0.481 e. The van der Waals surface area contributed by atoms with Crippen LogP contribution in [-0.4, -0.2) is 46.0 Å². The van der Waals surface area contributed by atoms with Crippen molar-refractivity contribution in [3.05, 3.63) is 131 Å². The van der Waals surface area contributed by atoms with Crippen molar-refractivity contribution in [3.8, 4) is 23.0 Å². The van der Waals surface area contributed by atoms with Crippen molar-refractivity contribution in [3.63, 3.8) is 0 Å². The minimum atomic E-state index is -1.09. The predicted octanol–water partition coefficient (Wildman–Crippen LogP) is 5.99. The summed E-state index contributed by atoms with van der Waals surface area (Å²) in [6, 6.07) is 19.3. The first-order chi connectivity index (χ1) is 24.7. The highest BCUT2D eigenvalue weighted by molar-refractivity contribution is 5.89. The minimum Gasteiger partial charge on any atom is -0.481 e. The van der Waals surface area contributed by atoms with E-state index in [4.69, 9.17) is 29.2 Å². The Balaban J connectivity index is 0.000000280. The second-order valence-corrected chi connectivity index (χ2v) is 10.5. The van der Waals surface area contributed by atoms with Gasteiger partial charge in [0.15, 0.2) is 11.5 Å². The molecule has 0 aliphatic carbocycles. The van der Waals surface area contributed by atoms with Crippen molar-refractivity contribution in [2.45, 2.75) is 26.7 Å². The zero-order valence-electron chi connectivity index (χ0n) is 27.5. The number of rotatable bonds is 12. The maximum Gasteiger partial charge on any atom is 0.336 e. The molecule has 2 N–H and O–H groups in total. The van der Waals surface area contributed by atoms with Crippen molar-refractivity contribution < 1.29 is 66.7 Å². The third-order valence-corrected chi connectivity index (χ3v) is 6.24. The van der Waals surface area contributed by atoms with Crippen LogP contribution in [0.2, 0.25) is 0 Å². The van der Waals surface area contributed by atoms with Crippen LogP contribution in [0.4, 0.5) is 8.78 Å². The fourth-order valence-corrected chi connectivity index (χ4v) is 4.20. The van der Waals surface area contributed by atoms with E-state index in [2.05, 4.69) is 0 Å². The molecule has 0 saturated heterocycles. The summed E-state index contributed by atoms with van der Waals surface area (Å²) in [4.78, 5) is 67.6. The van der Waals surface area contributed by atoms with Crippen LogP contribution in [0.3, 0.4) is 0 Å². The molecule has 0 saturated carbocycles. The number of carbonyl (C=O) groups is 6. The molecule has 12 nitrogen and oxygen atoms in total. The van der Waals surface area contributed by atoms with Crippen molar-refractivity contribution in [2.75, 3.05) is 0 Å². The van der Waals surface area contributed by atoms with E-state index in [1.165, 1.54) is 86.7 Å². The van der Waals surface area contributed by atoms with E-state index in [-0.39, 0.29) is 35.8 Å². The van der Waals surface area contributed by atoms with Crippen LogP contribution in [-0.2, 0) is 41.6 Å². The lowest BCUT2D eigenvalue weighted by Gasteiger charge is -2.09. The number of hydrogen-bond donors (Lipinski definition) is 2. The van der Waals surface area contributed by atoms with E-state index < -0.39 is 47.5 Å². The summed E-state index contributed by atoms with van der Waals surface area (Å²) in [7, 11) is 0. The van der Waals surface area contributed by atoms with E-state index in [9.17, 15) is 37.5 Å². The molecule has 14 heteroatoms. The predicted molar refractivity (Wildman–Crippen MR) is 180 cm³/mol. The number of hydrogen-bond acceptors (Lipinski definition) is 10. The number of benzene rings is 4. The number of carbonyl (C=O) groups excluding carboxylic acids is 4. The monoisotopic (exact) mass is 716 g/mol. The van der Waals surface area contributed by atoms with Crippen molar-refractivity contribution in [1.82, 2.24) is 0 Å². The zero-order valence-corrected chi connectivity index (χ0v) is 27.5. The van der Waals surface area contributed by atoms with Gasteiger partial charge < -0.3 is 29.2 Å². The van der Waals surface area contributed by atoms with Crippen LogP contribution in [0.25, 0.3) is 12.2 Å². The molecule has 0 heterocycles. The summed E-state index contributed by atoms with van der Waals surface area (Å²) in [5, 5.41) is 17.8. The first-order valence-electron chi connectivity index (χ1n) is 15.0. The first kappa shape index (κ1) is 39.5. The van der Waals surface area contributed by atoms with Crippen molar-refractivity contribution in [2.24, 2.45) is 0 Å². The maximum absolute atomic E-state index is 13.1. The van der Waals surface area contributed by atoms with Gasteiger partial charge in [-0.1, -0.05) is 36.4 Å². The summed E-state index contributed by atoms with van der Waals surface area (Å²) in [5.74, 6) is -5.59. The normalized spacial score (nSPS) is 10.5. The Labute approximate surface area is 295 Å². The second-order valence-electron chi connectivity index (χ2n) is 10.5. The van der Waals surface area contributed by atoms with Gasteiger partial charge in [-0.2, -0.15) is 0 Å². The molecule has 0 atom stereocenters. The number of aliphatic carboxylic acids is 2. The van der Waals surface area contributed by atoms with Gasteiger partial charge in [-0.05, 0) is 70.8 Å². The van der Waals surface area contributed by atoms with Gasteiger partial charge in [0.1, 0.15) is 23.1 Å². The molecule has 4 aromatic carbocycles. The van der Waals surface area contributed by atoms with Gasteiger partial charge in [-0.15, -0.1) is 0 Å². The van der Waals surface area contributed by atoms with Gasteiger partial charge in [0.25, 0.3) is 0 Å². The molecule has 4 aromatic rings. The number of ether oxygens (including phenoxy) is 4. The van der Waals surface area contributed by atoms with E-state index >= 15 is 0 Å². The van der Waals surface area contributed by atoms with Crippen molar-refractivity contribution in [1.29, 1.82) is 0 Å². The van der Waals surface area contributed by atoms with Crippen LogP contribution >= 0.6 is 0 Å². The number of halogens is 2. The van der Waals surface area contributed by atoms with E-state index in [0.29, 0.717) is 22.3 Å². The topological polar surface area (TPSA) is 180 Å². The van der Waals surface area contributed by atoms with Crippen LogP contribution in [0.1, 0.15) is 36.1 Å². The fraction of sp³-hybridized carbons (Fsp3) is 0.105. The lowest BCUT2D eigenvalue weighted by Crippen LogP contribution is -2.08. The molecule has 4 rings (SSSR count). The molecule has 0 aliphatic rings. The highest BCUT2D eigenvalue weighted by atomic mass is 19.1. The average Bonchev–Trinajstić information content (AvgIpc) is 3.04. The van der Waals surface area contributed by atoms with Crippen LogP contribution in [0.15, 0.2) is 97.1 Å². The SMILES string of the molecule is CC(=O)Oc1ccc(/C=C/C(=O)Oc2cccc(F)c2)cc1OC(C)=O.O=C(O)Cc1ccc(/C=C/C(=O)Oc2cccc(F)c2)cc1CC(=O)O. The molecule has 0 fully saturated rings. The quantitative estimate of drug-likeness (QED) is 0.0995. The van der Waals surface area contributed by atoms with Crippen LogP contribution in [0, 0.1) is 11.6 Å². The Kier molecular flexibility index (Phi) is 14.6. The number of esters is 4. The first-order valence-corrected chi connectivity index (χ1v) is 15.0. The van der Waals surface area contributed by atoms with E-state index in [1.54, 1.807) is 12.1 Å². The average molecular weight is 717 g/mol. The Morgan fingerprint density at radius 3 is 1.50 bits per heavy atom. The number of carboxylic acid groups (broad SMARTS) is 2. The third-order valence-electron chi connectivity index (χ3n) is 6.24. The van der Waals surface area contributed by atoms with E-state index in [1.807, 2.05) is 0 Å². The van der Waals surface area contributed by atoms with Crippen LogP contribution < -0.4 is 18.9 Å². The van der Waals surface area contributed by atoms with Gasteiger partial charge in [0.2, 0.25) is 0 Å². The van der Waals surface area contributed by atoms with E-state index in [0.717, 1.165) is 24.3 Å². The van der Waals surface area contributed by atoms with Crippen LogP contribution in [0.5, 0.6) is 23.0 Å². The smallest absolute Gasteiger partial charge is 0.336 e. The van der Waals surface area contributed by atoms with Gasteiger partial charge in [-0.3, -0.25) is 19.2 Å². The zero-order chi connectivity index (χ0) is 38.2. The Morgan fingerprint density at radius 1 is 0.558 bits per heavy atom. The van der Waals surface area contributed by atoms with Gasteiger partial charge >= 0.3 is 35.8 Å². The molecule has 0 aromatic heterocycles. The summed E-state index contributed by atoms with van der Waals surface area (Å²) in [5.41, 5.74) is 1.74. The fourth-order valence-electron chi connectivity index (χ4n) is 4.20. The van der Waals surface area contributed by atoms with Crippen molar-refractivity contribution >= 4 is 48.0 Å². The van der Waals surface area contributed by atoms with Gasteiger partial charge in [0.05, 0.1) is 12.8 Å².